The minimum absolute atomic E-state index is 0.0760. The summed E-state index contributed by atoms with van der Waals surface area (Å²) in [4.78, 5) is 4.30. The minimum Gasteiger partial charge on any atom is -0.398 e. The molecule has 5 heteroatoms. The van der Waals surface area contributed by atoms with Gasteiger partial charge in [0.05, 0.1) is 29.1 Å². The number of nitrogens with zero attached hydrogens (tertiary/aromatic N) is 1. The lowest BCUT2D eigenvalue weighted by Gasteiger charge is -2.32. The number of hydrogen-bond donors (Lipinski definition) is 1. The van der Waals surface area contributed by atoms with Gasteiger partial charge in [0, 0.05) is 0 Å². The van der Waals surface area contributed by atoms with Gasteiger partial charge in [0.15, 0.2) is 0 Å². The number of aliphatic hydroxyl groups is 1. The van der Waals surface area contributed by atoms with Crippen molar-refractivity contribution in [2.45, 2.75) is 45.5 Å². The van der Waals surface area contributed by atoms with Crippen LogP contribution in [-0.4, -0.2) is 28.4 Å². The van der Waals surface area contributed by atoms with E-state index >= 15 is 0 Å². The van der Waals surface area contributed by atoms with Gasteiger partial charge >= 0.3 is 7.12 Å². The molecule has 4 nitrogen and oxygen atoms in total. The van der Waals surface area contributed by atoms with Crippen LogP contribution in [0.15, 0.2) is 18.2 Å². The molecule has 0 atom stereocenters. The largest absolute Gasteiger partial charge is 0.514 e. The molecular weight excluding hydrogens is 217 g/mol. The summed E-state index contributed by atoms with van der Waals surface area (Å²) >= 11 is 0. The minimum atomic E-state index is -0.466. The molecule has 17 heavy (non-hydrogen) atoms. The third-order valence-electron chi connectivity index (χ3n) is 3.49. The summed E-state index contributed by atoms with van der Waals surface area (Å²) in [7, 11) is -0.466. The van der Waals surface area contributed by atoms with Crippen LogP contribution in [0.5, 0.6) is 0 Å². The summed E-state index contributed by atoms with van der Waals surface area (Å²) in [6, 6.07) is 5.47. The first-order valence-corrected chi connectivity index (χ1v) is 5.78. The number of aliphatic hydroxyl groups excluding tert-OH is 1. The quantitative estimate of drug-likeness (QED) is 0.773. The van der Waals surface area contributed by atoms with Gasteiger partial charge in [-0.2, -0.15) is 0 Å². The predicted octanol–water partition coefficient (Wildman–Crippen LogP) is 0.873. The summed E-state index contributed by atoms with van der Waals surface area (Å²) in [5.41, 5.74) is 0.593. The van der Waals surface area contributed by atoms with Crippen molar-refractivity contribution in [2.24, 2.45) is 0 Å². The van der Waals surface area contributed by atoms with Gasteiger partial charge in [-0.15, -0.1) is 0 Å². The molecule has 0 unspecified atom stereocenters. The average Bonchev–Trinajstić information content (AvgIpc) is 2.48. The third kappa shape index (κ3) is 2.23. The molecule has 0 spiro atoms. The highest BCUT2D eigenvalue weighted by Crippen LogP contribution is 2.36. The topological polar surface area (TPSA) is 51.6 Å². The Labute approximate surface area is 102 Å². The molecule has 0 saturated carbocycles. The molecule has 1 fully saturated rings. The lowest BCUT2D eigenvalue weighted by Crippen LogP contribution is -2.41. The summed E-state index contributed by atoms with van der Waals surface area (Å²) in [5, 5.41) is 9.07. The SMILES string of the molecule is CC1(C)OB(c2cccc(CO)n2)OC1(C)C. The Balaban J connectivity index is 2.25. The van der Waals surface area contributed by atoms with E-state index in [-0.39, 0.29) is 17.8 Å². The Morgan fingerprint density at radius 2 is 1.76 bits per heavy atom. The molecule has 0 aliphatic carbocycles. The smallest absolute Gasteiger partial charge is 0.398 e. The van der Waals surface area contributed by atoms with Crippen molar-refractivity contribution in [3.8, 4) is 0 Å². The Morgan fingerprint density at radius 1 is 1.18 bits per heavy atom. The van der Waals surface area contributed by atoms with E-state index in [1.165, 1.54) is 0 Å². The molecule has 0 amide bonds. The first-order chi connectivity index (χ1) is 7.86. The molecular formula is C12H18BNO3. The molecule has 92 valence electrons. The van der Waals surface area contributed by atoms with E-state index in [9.17, 15) is 0 Å². The molecule has 1 aliphatic heterocycles. The lowest BCUT2D eigenvalue weighted by atomic mass is 9.84. The van der Waals surface area contributed by atoms with Crippen molar-refractivity contribution in [3.63, 3.8) is 0 Å². The maximum Gasteiger partial charge on any atom is 0.514 e. The standard InChI is InChI=1S/C12H18BNO3/c1-11(2)12(3,4)17-13(16-11)10-7-5-6-9(8-15)14-10/h5-7,15H,8H2,1-4H3. The second-order valence-electron chi connectivity index (χ2n) is 5.30. The van der Waals surface area contributed by atoms with Crippen LogP contribution in [0.1, 0.15) is 33.4 Å². The van der Waals surface area contributed by atoms with Gasteiger partial charge < -0.3 is 14.4 Å². The Bertz CT molecular complexity index is 404. The number of rotatable bonds is 2. The van der Waals surface area contributed by atoms with Gasteiger partial charge in [0.2, 0.25) is 0 Å². The zero-order valence-corrected chi connectivity index (χ0v) is 10.7. The number of pyridine rings is 1. The van der Waals surface area contributed by atoms with Gasteiger partial charge in [0.1, 0.15) is 0 Å². The van der Waals surface area contributed by atoms with Crippen molar-refractivity contribution < 1.29 is 14.4 Å². The van der Waals surface area contributed by atoms with Crippen LogP contribution in [-0.2, 0) is 15.9 Å². The van der Waals surface area contributed by atoms with Crippen LogP contribution in [0.2, 0.25) is 0 Å². The molecule has 0 bridgehead atoms. The zero-order chi connectivity index (χ0) is 12.7. The van der Waals surface area contributed by atoms with Crippen molar-refractivity contribution in [3.05, 3.63) is 23.9 Å². The van der Waals surface area contributed by atoms with E-state index in [2.05, 4.69) is 4.98 Å². The van der Waals surface area contributed by atoms with Gasteiger partial charge in [0.25, 0.3) is 0 Å². The first kappa shape index (κ1) is 12.5. The maximum absolute atomic E-state index is 9.07. The zero-order valence-electron chi connectivity index (χ0n) is 10.7. The highest BCUT2D eigenvalue weighted by molar-refractivity contribution is 6.61. The van der Waals surface area contributed by atoms with Gasteiger partial charge in [-0.05, 0) is 39.8 Å². The fourth-order valence-electron chi connectivity index (χ4n) is 1.68. The predicted molar refractivity (Wildman–Crippen MR) is 65.9 cm³/mol. The molecule has 0 aromatic carbocycles. The molecule has 1 aromatic heterocycles. The maximum atomic E-state index is 9.07. The van der Waals surface area contributed by atoms with Gasteiger partial charge in [-0.25, -0.2) is 0 Å². The number of aromatic nitrogens is 1. The van der Waals surface area contributed by atoms with Gasteiger partial charge in [-0.1, -0.05) is 6.07 Å². The molecule has 1 aliphatic rings. The van der Waals surface area contributed by atoms with Crippen molar-refractivity contribution in [1.82, 2.24) is 4.98 Å². The van der Waals surface area contributed by atoms with Crippen LogP contribution in [0.3, 0.4) is 0 Å². The molecule has 0 radical (unpaired) electrons. The first-order valence-electron chi connectivity index (χ1n) is 5.78. The summed E-state index contributed by atoms with van der Waals surface area (Å²) in [6.07, 6.45) is 0. The van der Waals surface area contributed by atoms with Crippen LogP contribution < -0.4 is 5.59 Å². The Kier molecular flexibility index (Phi) is 3.02. The van der Waals surface area contributed by atoms with Crippen LogP contribution in [0.25, 0.3) is 0 Å². The second kappa shape index (κ2) is 4.08. The van der Waals surface area contributed by atoms with Crippen LogP contribution in [0.4, 0.5) is 0 Å². The third-order valence-corrected chi connectivity index (χ3v) is 3.49. The van der Waals surface area contributed by atoms with E-state index < -0.39 is 7.12 Å². The highest BCUT2D eigenvalue weighted by atomic mass is 16.7. The van der Waals surface area contributed by atoms with Crippen LogP contribution in [0, 0.1) is 0 Å². The fourth-order valence-corrected chi connectivity index (χ4v) is 1.68. The van der Waals surface area contributed by atoms with E-state index in [0.717, 1.165) is 0 Å². The van der Waals surface area contributed by atoms with Crippen LogP contribution >= 0.6 is 0 Å². The highest BCUT2D eigenvalue weighted by Gasteiger charge is 2.52. The number of hydrogen-bond acceptors (Lipinski definition) is 4. The van der Waals surface area contributed by atoms with Gasteiger partial charge in [-0.3, -0.25) is 4.98 Å². The van der Waals surface area contributed by atoms with Crippen molar-refractivity contribution in [2.75, 3.05) is 0 Å². The summed E-state index contributed by atoms with van der Waals surface area (Å²) in [6.45, 7) is 7.94. The monoisotopic (exact) mass is 235 g/mol. The van der Waals surface area contributed by atoms with Crippen molar-refractivity contribution >= 4 is 12.7 Å². The average molecular weight is 235 g/mol. The fraction of sp³-hybridized carbons (Fsp3) is 0.583. The normalized spacial score (nSPS) is 21.8. The van der Waals surface area contributed by atoms with E-state index in [4.69, 9.17) is 14.4 Å². The second-order valence-corrected chi connectivity index (χ2v) is 5.30. The molecule has 2 rings (SSSR count). The van der Waals surface area contributed by atoms with E-state index in [1.807, 2.05) is 39.8 Å². The molecule has 1 saturated heterocycles. The molecule has 1 aromatic rings. The van der Waals surface area contributed by atoms with Crippen molar-refractivity contribution in [1.29, 1.82) is 0 Å². The Hall–Kier alpha value is -0.905. The molecule has 1 N–H and O–H groups in total. The van der Waals surface area contributed by atoms with E-state index in [0.29, 0.717) is 11.3 Å². The molecule has 2 heterocycles. The van der Waals surface area contributed by atoms with E-state index in [1.54, 1.807) is 6.07 Å². The lowest BCUT2D eigenvalue weighted by molar-refractivity contribution is 0.00578. The summed E-state index contributed by atoms with van der Waals surface area (Å²) < 4.78 is 11.8. The summed E-state index contributed by atoms with van der Waals surface area (Å²) in [5.74, 6) is 0. The Morgan fingerprint density at radius 3 is 2.29 bits per heavy atom.